The first-order valence-corrected chi connectivity index (χ1v) is 13.5. The molecular weight excluding hydrogens is 649 g/mol. The van der Waals surface area contributed by atoms with Gasteiger partial charge in [-0.3, -0.25) is 4.79 Å². The predicted octanol–water partition coefficient (Wildman–Crippen LogP) is 4.67. The van der Waals surface area contributed by atoms with E-state index in [0.717, 1.165) is 39.0 Å². The number of aromatic carboxylic acids is 1. The second-order valence-electron chi connectivity index (χ2n) is 9.31. The van der Waals surface area contributed by atoms with Gasteiger partial charge in [-0.25, -0.2) is 23.5 Å². The molecule has 1 atom stereocenters. The normalized spacial score (nSPS) is 13.3. The van der Waals surface area contributed by atoms with Gasteiger partial charge in [0.05, 0.1) is 22.3 Å². The van der Waals surface area contributed by atoms with Crippen molar-refractivity contribution in [3.8, 4) is 5.75 Å². The van der Waals surface area contributed by atoms with Crippen molar-refractivity contribution in [2.45, 2.75) is 32.4 Å². The van der Waals surface area contributed by atoms with E-state index < -0.39 is 29.4 Å². The van der Waals surface area contributed by atoms with Crippen molar-refractivity contribution in [2.24, 2.45) is 5.73 Å². The monoisotopic (exact) mass is 675 g/mol. The Morgan fingerprint density at radius 1 is 1.28 bits per heavy atom. The number of rotatable bonds is 7. The van der Waals surface area contributed by atoms with Gasteiger partial charge in [-0.1, -0.05) is 24.8 Å². The highest BCUT2D eigenvalue weighted by molar-refractivity contribution is 9.10. The number of ether oxygens (including phenoxy) is 1. The lowest BCUT2D eigenvalue weighted by atomic mass is 9.98. The van der Waals surface area contributed by atoms with Crippen LogP contribution in [0.15, 0.2) is 59.7 Å². The van der Waals surface area contributed by atoms with Crippen LogP contribution in [0.25, 0.3) is 5.65 Å². The van der Waals surface area contributed by atoms with Crippen LogP contribution in [0.3, 0.4) is 0 Å². The summed E-state index contributed by atoms with van der Waals surface area (Å²) in [6.07, 6.45) is 3.58. The number of phenols is 1. The van der Waals surface area contributed by atoms with Gasteiger partial charge in [-0.15, -0.1) is 12.4 Å². The van der Waals surface area contributed by atoms with Crippen LogP contribution in [0.1, 0.15) is 66.1 Å². The molecule has 0 bridgehead atoms. The molecule has 2 aromatic heterocycles. The second-order valence-corrected chi connectivity index (χ2v) is 10.2. The highest BCUT2D eigenvalue weighted by Crippen LogP contribution is 2.35. The topological polar surface area (TPSA) is 169 Å². The molecule has 0 saturated carbocycles. The number of nitrogens with one attached hydrogen (secondary N) is 1. The summed E-state index contributed by atoms with van der Waals surface area (Å²) in [5, 5.41) is 25.0. The maximum Gasteiger partial charge on any atom is 0.354 e. The van der Waals surface area contributed by atoms with Crippen molar-refractivity contribution in [3.63, 3.8) is 0 Å². The first kappa shape index (κ1) is 33.2. The van der Waals surface area contributed by atoms with Crippen LogP contribution in [0.5, 0.6) is 5.75 Å². The number of esters is 1. The molecule has 0 radical (unpaired) electrons. The third kappa shape index (κ3) is 7.19. The number of fused-ring (bicyclic) bond motifs is 2. The number of carboxylic acid groups (broad SMARTS) is 1. The van der Waals surface area contributed by atoms with Crippen LogP contribution in [0, 0.1) is 12.7 Å². The summed E-state index contributed by atoms with van der Waals surface area (Å²) in [5.74, 6) is -3.05. The maximum absolute atomic E-state index is 13.9. The Morgan fingerprint density at radius 3 is 2.67 bits per heavy atom. The Kier molecular flexibility index (Phi) is 11.0. The van der Waals surface area contributed by atoms with Crippen molar-refractivity contribution in [2.75, 3.05) is 6.61 Å². The van der Waals surface area contributed by atoms with Crippen LogP contribution in [0.2, 0.25) is 0 Å². The smallest absolute Gasteiger partial charge is 0.354 e. The molecule has 14 heteroatoms. The summed E-state index contributed by atoms with van der Waals surface area (Å²) >= 11 is 3.17. The molecular formula is C29H28BrClFN5O6. The van der Waals surface area contributed by atoms with Gasteiger partial charge in [0.25, 0.3) is 5.91 Å². The lowest BCUT2D eigenvalue weighted by Crippen LogP contribution is -2.29. The van der Waals surface area contributed by atoms with Gasteiger partial charge < -0.3 is 26.0 Å². The molecule has 1 aliphatic carbocycles. The number of phenolic OH excluding ortho intramolecular Hbond substituents is 1. The Morgan fingerprint density at radius 2 is 2.02 bits per heavy atom. The van der Waals surface area contributed by atoms with E-state index in [1.807, 2.05) is 13.0 Å². The Labute approximate surface area is 260 Å². The van der Waals surface area contributed by atoms with E-state index in [-0.39, 0.29) is 42.1 Å². The van der Waals surface area contributed by atoms with Crippen molar-refractivity contribution in [1.29, 1.82) is 0 Å². The zero-order valence-corrected chi connectivity index (χ0v) is 25.2. The quantitative estimate of drug-likeness (QED) is 0.161. The first-order valence-electron chi connectivity index (χ1n) is 12.7. The molecule has 0 spiro atoms. The lowest BCUT2D eigenvalue weighted by Gasteiger charge is -2.16. The summed E-state index contributed by atoms with van der Waals surface area (Å²) in [4.78, 5) is 40.3. The van der Waals surface area contributed by atoms with Crippen LogP contribution in [0.4, 0.5) is 4.39 Å². The fourth-order valence-corrected chi connectivity index (χ4v) is 4.84. The molecule has 0 saturated heterocycles. The molecule has 0 aliphatic heterocycles. The van der Waals surface area contributed by atoms with Crippen molar-refractivity contribution in [3.05, 3.63) is 105 Å². The number of carbonyl (C=O) groups excluding carboxylic acids is 2. The van der Waals surface area contributed by atoms with Crippen LogP contribution >= 0.6 is 28.3 Å². The largest absolute Gasteiger partial charge is 0.507 e. The van der Waals surface area contributed by atoms with Crippen molar-refractivity contribution < 1.29 is 33.7 Å². The number of carbonyl (C=O) groups is 3. The van der Waals surface area contributed by atoms with Gasteiger partial charge in [-0.2, -0.15) is 5.10 Å². The van der Waals surface area contributed by atoms with Crippen LogP contribution in [-0.4, -0.2) is 49.3 Å². The standard InChI is InChI=1S/C22H19FN4O5.C7H8BrNO.ClH/c1-3-8-32-22(31)13-4-5-14-12(11(13)2)6-7-16(14)26-20(28)18-9-17(21(29)30)25-19-15(23)10-24-27(18)19;8-6-2-1-5(4-9)3-7(6)10;/h3-5,9-10,16H,1,6-8H2,2H3,(H,26,28)(H,29,30);1-3,10H,4,9H2;1H/t16-;;/m0../s1. The Bertz CT molecular complexity index is 1710. The zero-order chi connectivity index (χ0) is 30.6. The SMILES string of the molecule is C=CCOC(=O)c1ccc2c(c1C)CC[C@@H]2NC(=O)c1cc(C(=O)O)nc2c(F)cnn12.Cl.NCc1ccc(Br)c(O)c1. The summed E-state index contributed by atoms with van der Waals surface area (Å²) < 4.78 is 20.7. The van der Waals surface area contributed by atoms with Gasteiger partial charge in [0, 0.05) is 12.6 Å². The fraction of sp³-hybridized carbons (Fsp3) is 0.207. The number of carboxylic acids is 1. The van der Waals surface area contributed by atoms with E-state index in [1.54, 1.807) is 24.3 Å². The summed E-state index contributed by atoms with van der Waals surface area (Å²) in [7, 11) is 0. The average molecular weight is 677 g/mol. The minimum atomic E-state index is -1.39. The van der Waals surface area contributed by atoms with E-state index in [9.17, 15) is 23.9 Å². The molecule has 226 valence electrons. The van der Waals surface area contributed by atoms with E-state index in [1.165, 1.54) is 6.08 Å². The summed E-state index contributed by atoms with van der Waals surface area (Å²) in [6, 6.07) is 9.39. The van der Waals surface area contributed by atoms with Gasteiger partial charge >= 0.3 is 11.9 Å². The molecule has 0 unspecified atom stereocenters. The van der Waals surface area contributed by atoms with Crippen molar-refractivity contribution in [1.82, 2.24) is 19.9 Å². The average Bonchev–Trinajstić information content (AvgIpc) is 3.56. The Balaban J connectivity index is 0.000000392. The van der Waals surface area contributed by atoms with E-state index in [2.05, 4.69) is 37.9 Å². The number of amides is 1. The minimum Gasteiger partial charge on any atom is -0.507 e. The number of aromatic hydroxyl groups is 1. The predicted molar refractivity (Wildman–Crippen MR) is 161 cm³/mol. The summed E-state index contributed by atoms with van der Waals surface area (Å²) in [5.41, 5.74) is 8.34. The number of aromatic nitrogens is 3. The number of halogens is 3. The molecule has 1 amide bonds. The number of hydrogen-bond donors (Lipinski definition) is 4. The third-order valence-corrected chi connectivity index (χ3v) is 7.35. The summed E-state index contributed by atoms with van der Waals surface area (Å²) in [6.45, 7) is 5.92. The van der Waals surface area contributed by atoms with E-state index >= 15 is 0 Å². The first-order chi connectivity index (χ1) is 20.0. The van der Waals surface area contributed by atoms with Crippen LogP contribution in [-0.2, 0) is 17.7 Å². The number of nitrogens with zero attached hydrogens (tertiary/aromatic N) is 3. The Hall–Kier alpha value is -4.33. The molecule has 1 aliphatic rings. The molecule has 0 fully saturated rings. The molecule has 5 N–H and O–H groups in total. The molecule has 4 aromatic rings. The maximum atomic E-state index is 13.9. The van der Waals surface area contributed by atoms with E-state index in [4.69, 9.17) is 15.6 Å². The molecule has 5 rings (SSSR count). The molecule has 43 heavy (non-hydrogen) atoms. The number of nitrogens with two attached hydrogens (primary N) is 1. The van der Waals surface area contributed by atoms with Crippen LogP contribution < -0.4 is 11.1 Å². The highest BCUT2D eigenvalue weighted by Gasteiger charge is 2.29. The minimum absolute atomic E-state index is 0. The van der Waals surface area contributed by atoms with Gasteiger partial charge in [0.2, 0.25) is 0 Å². The van der Waals surface area contributed by atoms with Gasteiger partial charge in [-0.05, 0) is 76.1 Å². The lowest BCUT2D eigenvalue weighted by molar-refractivity contribution is 0.0548. The van der Waals surface area contributed by atoms with E-state index in [0.29, 0.717) is 29.4 Å². The van der Waals surface area contributed by atoms with Crippen molar-refractivity contribution >= 4 is 51.8 Å². The molecule has 2 heterocycles. The third-order valence-electron chi connectivity index (χ3n) is 6.68. The fourth-order valence-electron chi connectivity index (χ4n) is 4.59. The second kappa shape index (κ2) is 14.2. The number of benzene rings is 2. The van der Waals surface area contributed by atoms with Gasteiger partial charge in [0.1, 0.15) is 18.1 Å². The molecule has 2 aromatic carbocycles. The molecule has 11 nitrogen and oxygen atoms in total. The highest BCUT2D eigenvalue weighted by atomic mass is 79.9. The number of hydrogen-bond acceptors (Lipinski definition) is 8. The van der Waals surface area contributed by atoms with Gasteiger partial charge in [0.15, 0.2) is 17.2 Å². The zero-order valence-electron chi connectivity index (χ0n) is 22.8.